The molecule has 0 spiro atoms. The zero-order valence-corrected chi connectivity index (χ0v) is 12.4. The van der Waals surface area contributed by atoms with Crippen LogP contribution >= 0.6 is 0 Å². The van der Waals surface area contributed by atoms with Gasteiger partial charge in [0.1, 0.15) is 0 Å². The van der Waals surface area contributed by atoms with E-state index in [4.69, 9.17) is 0 Å². The van der Waals surface area contributed by atoms with Gasteiger partial charge in [-0.3, -0.25) is 4.79 Å². The summed E-state index contributed by atoms with van der Waals surface area (Å²) in [6.07, 6.45) is 3.15. The molecule has 2 rings (SSSR count). The molecule has 2 aliphatic rings. The molecule has 3 nitrogen and oxygen atoms in total. The third kappa shape index (κ3) is 2.71. The van der Waals surface area contributed by atoms with Crippen LogP contribution in [0.2, 0.25) is 0 Å². The lowest BCUT2D eigenvalue weighted by molar-refractivity contribution is -0.141. The first kappa shape index (κ1) is 13.9. The number of nitrogens with one attached hydrogen (secondary N) is 1. The van der Waals surface area contributed by atoms with E-state index in [-0.39, 0.29) is 5.41 Å². The van der Waals surface area contributed by atoms with Crippen molar-refractivity contribution in [3.63, 3.8) is 0 Å². The number of carbonyl (C=O) groups is 1. The Morgan fingerprint density at radius 1 is 1.28 bits per heavy atom. The van der Waals surface area contributed by atoms with Gasteiger partial charge in [0.15, 0.2) is 0 Å². The number of amides is 1. The van der Waals surface area contributed by atoms with E-state index in [1.54, 1.807) is 0 Å². The van der Waals surface area contributed by atoms with Crippen LogP contribution < -0.4 is 5.32 Å². The highest BCUT2D eigenvalue weighted by atomic mass is 16.2. The summed E-state index contributed by atoms with van der Waals surface area (Å²) in [5, 5.41) is 3.35. The highest BCUT2D eigenvalue weighted by Gasteiger charge is 2.41. The molecule has 1 unspecified atom stereocenters. The van der Waals surface area contributed by atoms with Gasteiger partial charge in [0.2, 0.25) is 5.91 Å². The Labute approximate surface area is 111 Å². The lowest BCUT2D eigenvalue weighted by Crippen LogP contribution is -2.47. The molecule has 0 aromatic carbocycles. The molecule has 0 bridgehead atoms. The van der Waals surface area contributed by atoms with Crippen LogP contribution in [0.25, 0.3) is 0 Å². The Balaban J connectivity index is 1.99. The van der Waals surface area contributed by atoms with Gasteiger partial charge in [-0.1, -0.05) is 27.7 Å². The van der Waals surface area contributed by atoms with Gasteiger partial charge in [-0.25, -0.2) is 0 Å². The minimum Gasteiger partial charge on any atom is -0.342 e. The summed E-state index contributed by atoms with van der Waals surface area (Å²) in [6, 6.07) is 0. The molecule has 2 aliphatic heterocycles. The van der Waals surface area contributed by atoms with Gasteiger partial charge < -0.3 is 10.2 Å². The Morgan fingerprint density at radius 3 is 2.39 bits per heavy atom. The van der Waals surface area contributed by atoms with Crippen molar-refractivity contribution in [2.75, 3.05) is 26.2 Å². The second-order valence-corrected chi connectivity index (χ2v) is 7.41. The highest BCUT2D eigenvalue weighted by Crippen LogP contribution is 2.37. The minimum absolute atomic E-state index is 0.113. The number of carbonyl (C=O) groups excluding carboxylic acids is 1. The van der Waals surface area contributed by atoms with E-state index in [0.717, 1.165) is 39.0 Å². The summed E-state index contributed by atoms with van der Waals surface area (Å²) >= 11 is 0. The molecule has 2 fully saturated rings. The largest absolute Gasteiger partial charge is 0.342 e. The van der Waals surface area contributed by atoms with Crippen molar-refractivity contribution in [2.24, 2.45) is 16.7 Å². The molecule has 0 saturated carbocycles. The van der Waals surface area contributed by atoms with Crippen molar-refractivity contribution < 1.29 is 4.79 Å². The van der Waals surface area contributed by atoms with E-state index >= 15 is 0 Å². The van der Waals surface area contributed by atoms with Gasteiger partial charge in [0.05, 0.1) is 0 Å². The zero-order chi connectivity index (χ0) is 13.4. The first-order valence-corrected chi connectivity index (χ1v) is 7.33. The molecule has 3 heteroatoms. The molecule has 0 aromatic heterocycles. The van der Waals surface area contributed by atoms with Crippen molar-refractivity contribution in [1.82, 2.24) is 10.2 Å². The average Bonchev–Trinajstić information content (AvgIpc) is 2.77. The van der Waals surface area contributed by atoms with Gasteiger partial charge in [-0.05, 0) is 43.7 Å². The van der Waals surface area contributed by atoms with Crippen LogP contribution in [0.3, 0.4) is 0 Å². The van der Waals surface area contributed by atoms with Crippen molar-refractivity contribution in [3.8, 4) is 0 Å². The Morgan fingerprint density at radius 2 is 1.89 bits per heavy atom. The summed E-state index contributed by atoms with van der Waals surface area (Å²) < 4.78 is 0. The van der Waals surface area contributed by atoms with Crippen molar-refractivity contribution in [1.29, 1.82) is 0 Å². The van der Waals surface area contributed by atoms with E-state index in [2.05, 4.69) is 37.9 Å². The monoisotopic (exact) mass is 252 g/mol. The molecular weight excluding hydrogens is 224 g/mol. The van der Waals surface area contributed by atoms with Crippen LogP contribution in [-0.2, 0) is 4.79 Å². The molecule has 2 saturated heterocycles. The maximum absolute atomic E-state index is 12.7. The fourth-order valence-electron chi connectivity index (χ4n) is 3.23. The molecular formula is C15H28N2O. The molecule has 1 atom stereocenters. The van der Waals surface area contributed by atoms with E-state index in [0.29, 0.717) is 17.2 Å². The number of likely N-dealkylation sites (tertiary alicyclic amines) is 1. The predicted octanol–water partition coefficient (Wildman–Crippen LogP) is 2.27. The Hall–Kier alpha value is -0.570. The zero-order valence-electron chi connectivity index (χ0n) is 12.4. The van der Waals surface area contributed by atoms with E-state index in [9.17, 15) is 4.79 Å². The van der Waals surface area contributed by atoms with Crippen LogP contribution in [0.4, 0.5) is 0 Å². The Kier molecular flexibility index (Phi) is 3.72. The van der Waals surface area contributed by atoms with Crippen molar-refractivity contribution in [3.05, 3.63) is 0 Å². The predicted molar refractivity (Wildman–Crippen MR) is 74.4 cm³/mol. The lowest BCUT2D eigenvalue weighted by atomic mass is 9.79. The summed E-state index contributed by atoms with van der Waals surface area (Å²) in [5.41, 5.74) is 0.210. The van der Waals surface area contributed by atoms with Crippen molar-refractivity contribution in [2.45, 2.75) is 47.0 Å². The summed E-state index contributed by atoms with van der Waals surface area (Å²) in [7, 11) is 0. The second-order valence-electron chi connectivity index (χ2n) is 7.41. The molecule has 0 aliphatic carbocycles. The first-order chi connectivity index (χ1) is 8.33. The SMILES string of the molecule is CC1(C(=O)N2CCC(C(C)(C)C)C2)CCNCC1. The molecule has 0 aromatic rings. The van der Waals surface area contributed by atoms with Gasteiger partial charge in [-0.15, -0.1) is 0 Å². The quantitative estimate of drug-likeness (QED) is 0.776. The van der Waals surface area contributed by atoms with Gasteiger partial charge in [0.25, 0.3) is 0 Å². The first-order valence-electron chi connectivity index (χ1n) is 7.33. The number of piperidine rings is 1. The third-order valence-corrected chi connectivity index (χ3v) is 4.92. The second kappa shape index (κ2) is 4.84. The third-order valence-electron chi connectivity index (χ3n) is 4.92. The molecule has 1 N–H and O–H groups in total. The van der Waals surface area contributed by atoms with Crippen LogP contribution in [0, 0.1) is 16.7 Å². The van der Waals surface area contributed by atoms with E-state index < -0.39 is 0 Å². The molecule has 2 heterocycles. The standard InChI is InChI=1S/C15H28N2O/c1-14(2,3)12-5-10-17(11-12)13(18)15(4)6-8-16-9-7-15/h12,16H,5-11H2,1-4H3. The number of rotatable bonds is 1. The summed E-state index contributed by atoms with van der Waals surface area (Å²) in [4.78, 5) is 14.8. The van der Waals surface area contributed by atoms with Crippen LogP contribution in [0.15, 0.2) is 0 Å². The van der Waals surface area contributed by atoms with E-state index in [1.807, 2.05) is 0 Å². The van der Waals surface area contributed by atoms with Gasteiger partial charge in [-0.2, -0.15) is 0 Å². The molecule has 0 radical (unpaired) electrons. The maximum atomic E-state index is 12.7. The van der Waals surface area contributed by atoms with Crippen LogP contribution in [-0.4, -0.2) is 37.0 Å². The normalized spacial score (nSPS) is 28.4. The van der Waals surface area contributed by atoms with Gasteiger partial charge >= 0.3 is 0 Å². The summed E-state index contributed by atoms with van der Waals surface area (Å²) in [6.45, 7) is 12.9. The van der Waals surface area contributed by atoms with Gasteiger partial charge in [0, 0.05) is 18.5 Å². The molecule has 1 amide bonds. The number of hydrogen-bond donors (Lipinski definition) is 1. The topological polar surface area (TPSA) is 32.3 Å². The number of nitrogens with zero attached hydrogens (tertiary/aromatic N) is 1. The number of hydrogen-bond acceptors (Lipinski definition) is 2. The highest BCUT2D eigenvalue weighted by molar-refractivity contribution is 5.82. The van der Waals surface area contributed by atoms with Crippen LogP contribution in [0.5, 0.6) is 0 Å². The van der Waals surface area contributed by atoms with Crippen molar-refractivity contribution >= 4 is 5.91 Å². The molecule has 104 valence electrons. The van der Waals surface area contributed by atoms with E-state index in [1.165, 1.54) is 6.42 Å². The smallest absolute Gasteiger partial charge is 0.228 e. The maximum Gasteiger partial charge on any atom is 0.228 e. The fraction of sp³-hybridized carbons (Fsp3) is 0.933. The fourth-order valence-corrected chi connectivity index (χ4v) is 3.23. The minimum atomic E-state index is -0.113. The van der Waals surface area contributed by atoms with Crippen LogP contribution in [0.1, 0.15) is 47.0 Å². The molecule has 18 heavy (non-hydrogen) atoms. The average molecular weight is 252 g/mol. The lowest BCUT2D eigenvalue weighted by Gasteiger charge is -2.36. The summed E-state index contributed by atoms with van der Waals surface area (Å²) in [5.74, 6) is 1.06. The Bertz CT molecular complexity index is 313.